The quantitative estimate of drug-likeness (QED) is 0.707. The first-order chi connectivity index (χ1) is 12.8. The van der Waals surface area contributed by atoms with Crippen LogP contribution in [0.1, 0.15) is 56.8 Å². The summed E-state index contributed by atoms with van der Waals surface area (Å²) in [6.07, 6.45) is 11.2. The van der Waals surface area contributed by atoms with Gasteiger partial charge < -0.3 is 10.3 Å². The minimum atomic E-state index is 0.415. The summed E-state index contributed by atoms with van der Waals surface area (Å²) in [5, 5.41) is 8.72. The third kappa shape index (κ3) is 3.04. The molecule has 0 aliphatic heterocycles. The maximum absolute atomic E-state index is 8.72. The van der Waals surface area contributed by atoms with Crippen LogP contribution >= 0.6 is 0 Å². The molecular weight excluding hydrogens is 324 g/mol. The second kappa shape index (κ2) is 7.38. The Morgan fingerprint density at radius 2 is 2.04 bits per heavy atom. The number of hydrogen-bond acceptors (Lipinski definition) is 5. The zero-order valence-electron chi connectivity index (χ0n) is 14.9. The second-order valence-corrected chi connectivity index (χ2v) is 7.19. The molecule has 1 aliphatic carbocycles. The van der Waals surface area contributed by atoms with Gasteiger partial charge in [0, 0.05) is 18.7 Å². The van der Waals surface area contributed by atoms with Crippen molar-refractivity contribution >= 4 is 22.1 Å². The van der Waals surface area contributed by atoms with Crippen LogP contribution in [-0.4, -0.2) is 19.5 Å². The molecule has 6 nitrogen and oxygen atoms in total. The summed E-state index contributed by atoms with van der Waals surface area (Å²) in [6, 6.07) is 6.57. The van der Waals surface area contributed by atoms with E-state index in [2.05, 4.69) is 20.6 Å². The number of imidazole rings is 1. The number of hydrogen-bond donors (Lipinski definition) is 1. The standard InChI is InChI=1S/C20H24N6/c21-10-2-1-4-14-6-8-15(9-7-14)26-18(12-22)25-17-13-24-16-5-3-11-23-19(16)20(17)26/h3,5,11,13-15H,1-2,4,6-9,12,22H2. The Kier molecular flexibility index (Phi) is 4.81. The highest BCUT2D eigenvalue weighted by atomic mass is 15.1. The number of nitriles is 1. The van der Waals surface area contributed by atoms with Gasteiger partial charge in [0.1, 0.15) is 16.9 Å². The highest BCUT2D eigenvalue weighted by Crippen LogP contribution is 2.38. The van der Waals surface area contributed by atoms with E-state index in [1.807, 2.05) is 24.5 Å². The van der Waals surface area contributed by atoms with Crippen LogP contribution in [0.25, 0.3) is 22.1 Å². The molecule has 1 saturated carbocycles. The van der Waals surface area contributed by atoms with Crippen LogP contribution in [0, 0.1) is 17.2 Å². The molecule has 0 spiro atoms. The van der Waals surface area contributed by atoms with Crippen LogP contribution in [0.4, 0.5) is 0 Å². The van der Waals surface area contributed by atoms with E-state index in [1.165, 1.54) is 19.3 Å². The summed E-state index contributed by atoms with van der Waals surface area (Å²) in [7, 11) is 0. The predicted octanol–water partition coefficient (Wildman–Crippen LogP) is 3.86. The molecule has 2 N–H and O–H groups in total. The van der Waals surface area contributed by atoms with E-state index in [0.29, 0.717) is 19.0 Å². The number of rotatable bonds is 5. The van der Waals surface area contributed by atoms with Gasteiger partial charge in [-0.05, 0) is 56.6 Å². The highest BCUT2D eigenvalue weighted by molar-refractivity contribution is 5.99. The lowest BCUT2D eigenvalue weighted by Crippen LogP contribution is -2.21. The highest BCUT2D eigenvalue weighted by Gasteiger charge is 2.26. The summed E-state index contributed by atoms with van der Waals surface area (Å²) >= 11 is 0. The van der Waals surface area contributed by atoms with Crippen LogP contribution in [0.15, 0.2) is 24.5 Å². The van der Waals surface area contributed by atoms with E-state index in [0.717, 1.165) is 53.1 Å². The summed E-state index contributed by atoms with van der Waals surface area (Å²) in [5.41, 5.74) is 9.78. The molecule has 0 saturated heterocycles. The van der Waals surface area contributed by atoms with Gasteiger partial charge >= 0.3 is 0 Å². The van der Waals surface area contributed by atoms with Gasteiger partial charge in [-0.2, -0.15) is 5.26 Å². The van der Waals surface area contributed by atoms with Crippen LogP contribution in [0.3, 0.4) is 0 Å². The molecule has 0 radical (unpaired) electrons. The molecule has 6 heteroatoms. The van der Waals surface area contributed by atoms with Gasteiger partial charge in [0.15, 0.2) is 0 Å². The van der Waals surface area contributed by atoms with Crippen LogP contribution in [0.2, 0.25) is 0 Å². The molecule has 0 atom stereocenters. The lowest BCUT2D eigenvalue weighted by molar-refractivity contribution is 0.261. The van der Waals surface area contributed by atoms with Crippen molar-refractivity contribution in [2.45, 2.75) is 57.5 Å². The topological polar surface area (TPSA) is 93.4 Å². The fourth-order valence-corrected chi connectivity index (χ4v) is 4.34. The van der Waals surface area contributed by atoms with Gasteiger partial charge in [-0.1, -0.05) is 0 Å². The molecule has 3 aromatic rings. The average molecular weight is 348 g/mol. The van der Waals surface area contributed by atoms with Gasteiger partial charge in [-0.3, -0.25) is 9.97 Å². The molecule has 4 rings (SSSR count). The number of nitrogens with two attached hydrogens (primary N) is 1. The monoisotopic (exact) mass is 348 g/mol. The minimum absolute atomic E-state index is 0.415. The van der Waals surface area contributed by atoms with Crippen molar-refractivity contribution in [2.75, 3.05) is 0 Å². The van der Waals surface area contributed by atoms with Crippen molar-refractivity contribution in [1.29, 1.82) is 5.26 Å². The fourth-order valence-electron chi connectivity index (χ4n) is 4.34. The second-order valence-electron chi connectivity index (χ2n) is 7.19. The van der Waals surface area contributed by atoms with Crippen molar-refractivity contribution in [2.24, 2.45) is 11.7 Å². The summed E-state index contributed by atoms with van der Waals surface area (Å²) in [6.45, 7) is 0.422. The number of fused-ring (bicyclic) bond motifs is 3. The normalized spacial score (nSPS) is 20.5. The number of nitrogens with zero attached hydrogens (tertiary/aromatic N) is 5. The molecule has 0 unspecified atom stereocenters. The summed E-state index contributed by atoms with van der Waals surface area (Å²) in [5.74, 6) is 1.67. The van der Waals surface area contributed by atoms with E-state index in [9.17, 15) is 0 Å². The molecule has 3 heterocycles. The zero-order chi connectivity index (χ0) is 17.9. The lowest BCUT2D eigenvalue weighted by Gasteiger charge is -2.30. The third-order valence-corrected chi connectivity index (χ3v) is 5.61. The number of aromatic nitrogens is 4. The van der Waals surface area contributed by atoms with Crippen molar-refractivity contribution in [3.05, 3.63) is 30.4 Å². The Morgan fingerprint density at radius 1 is 1.19 bits per heavy atom. The first-order valence-electron chi connectivity index (χ1n) is 9.49. The molecule has 1 fully saturated rings. The Labute approximate surface area is 153 Å². The van der Waals surface area contributed by atoms with Crippen LogP contribution in [-0.2, 0) is 6.54 Å². The smallest absolute Gasteiger partial charge is 0.124 e. The number of unbranched alkanes of at least 4 members (excludes halogenated alkanes) is 1. The molecule has 26 heavy (non-hydrogen) atoms. The maximum Gasteiger partial charge on any atom is 0.124 e. The van der Waals surface area contributed by atoms with E-state index >= 15 is 0 Å². The van der Waals surface area contributed by atoms with Crippen molar-refractivity contribution < 1.29 is 0 Å². The maximum atomic E-state index is 8.72. The molecule has 3 aromatic heterocycles. The first-order valence-corrected chi connectivity index (χ1v) is 9.49. The molecule has 1 aliphatic rings. The Hall–Kier alpha value is -2.52. The van der Waals surface area contributed by atoms with Gasteiger partial charge in [0.05, 0.1) is 29.8 Å². The molecule has 0 aromatic carbocycles. The van der Waals surface area contributed by atoms with Gasteiger partial charge in [0.25, 0.3) is 0 Å². The fraction of sp³-hybridized carbons (Fsp3) is 0.500. The molecule has 0 amide bonds. The van der Waals surface area contributed by atoms with Crippen molar-refractivity contribution in [3.8, 4) is 6.07 Å². The lowest BCUT2D eigenvalue weighted by atomic mass is 9.83. The SMILES string of the molecule is N#CCCCC1CCC(n2c(CN)nc3cnc4cccnc4c32)CC1. The van der Waals surface area contributed by atoms with Gasteiger partial charge in [0.2, 0.25) is 0 Å². The Balaban J connectivity index is 1.66. The third-order valence-electron chi connectivity index (χ3n) is 5.61. The zero-order valence-corrected chi connectivity index (χ0v) is 14.9. The minimum Gasteiger partial charge on any atom is -0.324 e. The molecule has 134 valence electrons. The van der Waals surface area contributed by atoms with Gasteiger partial charge in [-0.15, -0.1) is 0 Å². The van der Waals surface area contributed by atoms with Crippen molar-refractivity contribution in [1.82, 2.24) is 19.5 Å². The number of pyridine rings is 2. The summed E-state index contributed by atoms with van der Waals surface area (Å²) in [4.78, 5) is 13.8. The molecule has 0 bridgehead atoms. The van der Waals surface area contributed by atoms with Gasteiger partial charge in [-0.25, -0.2) is 4.98 Å². The van der Waals surface area contributed by atoms with E-state index < -0.39 is 0 Å². The Bertz CT molecular complexity index is 946. The van der Waals surface area contributed by atoms with Crippen LogP contribution in [0.5, 0.6) is 0 Å². The predicted molar refractivity (Wildman–Crippen MR) is 101 cm³/mol. The Morgan fingerprint density at radius 3 is 2.81 bits per heavy atom. The average Bonchev–Trinajstić information content (AvgIpc) is 3.08. The van der Waals surface area contributed by atoms with E-state index in [-0.39, 0.29) is 0 Å². The van der Waals surface area contributed by atoms with Crippen molar-refractivity contribution in [3.63, 3.8) is 0 Å². The summed E-state index contributed by atoms with van der Waals surface area (Å²) < 4.78 is 2.33. The largest absolute Gasteiger partial charge is 0.324 e. The van der Waals surface area contributed by atoms with E-state index in [1.54, 1.807) is 0 Å². The molecular formula is C20H24N6. The van der Waals surface area contributed by atoms with E-state index in [4.69, 9.17) is 16.0 Å². The van der Waals surface area contributed by atoms with Crippen LogP contribution < -0.4 is 5.73 Å². The first kappa shape index (κ1) is 16.9.